The summed E-state index contributed by atoms with van der Waals surface area (Å²) in [5.41, 5.74) is 2.86. The van der Waals surface area contributed by atoms with E-state index in [1.165, 1.54) is 48.3 Å². The van der Waals surface area contributed by atoms with Crippen LogP contribution in [-0.2, 0) is 0 Å². The van der Waals surface area contributed by atoms with Crippen LogP contribution in [0.3, 0.4) is 0 Å². The number of nitrogens with one attached hydrogen (secondary N) is 1. The van der Waals surface area contributed by atoms with E-state index in [9.17, 15) is 0 Å². The Bertz CT molecular complexity index is 358. The van der Waals surface area contributed by atoms with Gasteiger partial charge in [-0.3, -0.25) is 0 Å². The van der Waals surface area contributed by atoms with Gasteiger partial charge in [0.25, 0.3) is 0 Å². The van der Waals surface area contributed by atoms with Gasteiger partial charge in [-0.2, -0.15) is 11.8 Å². The standard InChI is InChI=1S/C16H25NS/c1-13-7-3-6-10-15(13)16(17-2)12-18-11-14-8-4-5-9-14/h3,6-7,10,14,16-17H,4-5,8-9,11-12H2,1-2H3. The molecule has 1 aliphatic rings. The predicted octanol–water partition coefficient (Wildman–Crippen LogP) is 4.18. The molecule has 0 saturated heterocycles. The van der Waals surface area contributed by atoms with Crippen molar-refractivity contribution in [3.63, 3.8) is 0 Å². The summed E-state index contributed by atoms with van der Waals surface area (Å²) in [5.74, 6) is 3.53. The summed E-state index contributed by atoms with van der Waals surface area (Å²) in [7, 11) is 2.08. The van der Waals surface area contributed by atoms with Crippen molar-refractivity contribution in [3.05, 3.63) is 35.4 Å². The van der Waals surface area contributed by atoms with E-state index >= 15 is 0 Å². The molecule has 2 heteroatoms. The Hall–Kier alpha value is -0.470. The lowest BCUT2D eigenvalue weighted by molar-refractivity contribution is 0.618. The monoisotopic (exact) mass is 263 g/mol. The van der Waals surface area contributed by atoms with Gasteiger partial charge in [0, 0.05) is 11.8 Å². The Morgan fingerprint density at radius 3 is 2.67 bits per heavy atom. The van der Waals surface area contributed by atoms with Crippen molar-refractivity contribution in [1.82, 2.24) is 5.32 Å². The molecule has 1 saturated carbocycles. The molecule has 0 aromatic heterocycles. The number of aryl methyl sites for hydroxylation is 1. The Morgan fingerprint density at radius 2 is 2.00 bits per heavy atom. The normalized spacial score (nSPS) is 18.1. The molecule has 0 spiro atoms. The Kier molecular flexibility index (Phi) is 5.58. The van der Waals surface area contributed by atoms with Gasteiger partial charge in [-0.15, -0.1) is 0 Å². The zero-order chi connectivity index (χ0) is 12.8. The number of benzene rings is 1. The average Bonchev–Trinajstić information content (AvgIpc) is 2.89. The van der Waals surface area contributed by atoms with Crippen LogP contribution in [-0.4, -0.2) is 18.6 Å². The molecule has 100 valence electrons. The largest absolute Gasteiger partial charge is 0.312 e. The van der Waals surface area contributed by atoms with Crippen LogP contribution in [0.25, 0.3) is 0 Å². The summed E-state index contributed by atoms with van der Waals surface area (Å²) < 4.78 is 0. The van der Waals surface area contributed by atoms with Gasteiger partial charge in [0.05, 0.1) is 0 Å². The highest BCUT2D eigenvalue weighted by atomic mass is 32.2. The van der Waals surface area contributed by atoms with Gasteiger partial charge in [-0.1, -0.05) is 37.1 Å². The second kappa shape index (κ2) is 7.20. The summed E-state index contributed by atoms with van der Waals surface area (Å²) in [5, 5.41) is 3.46. The zero-order valence-corrected chi connectivity index (χ0v) is 12.4. The molecule has 1 atom stereocenters. The summed E-state index contributed by atoms with van der Waals surface area (Å²) in [6, 6.07) is 9.23. The summed E-state index contributed by atoms with van der Waals surface area (Å²) in [4.78, 5) is 0. The fraction of sp³-hybridized carbons (Fsp3) is 0.625. The molecule has 0 amide bonds. The van der Waals surface area contributed by atoms with Crippen LogP contribution in [0.1, 0.15) is 42.9 Å². The predicted molar refractivity (Wildman–Crippen MR) is 82.3 cm³/mol. The number of rotatable bonds is 6. The van der Waals surface area contributed by atoms with Gasteiger partial charge >= 0.3 is 0 Å². The summed E-state index contributed by atoms with van der Waals surface area (Å²) >= 11 is 2.12. The third-order valence-corrected chi connectivity index (χ3v) is 5.30. The molecule has 1 unspecified atom stereocenters. The van der Waals surface area contributed by atoms with Crippen molar-refractivity contribution in [2.75, 3.05) is 18.6 Å². The average molecular weight is 263 g/mol. The molecule has 18 heavy (non-hydrogen) atoms. The first-order chi connectivity index (χ1) is 8.81. The molecule has 0 aliphatic heterocycles. The highest BCUT2D eigenvalue weighted by Crippen LogP contribution is 2.29. The lowest BCUT2D eigenvalue weighted by atomic mass is 10.0. The highest BCUT2D eigenvalue weighted by Gasteiger charge is 2.16. The number of hydrogen-bond donors (Lipinski definition) is 1. The van der Waals surface area contributed by atoms with E-state index < -0.39 is 0 Å². The van der Waals surface area contributed by atoms with Crippen LogP contribution < -0.4 is 5.32 Å². The van der Waals surface area contributed by atoms with Crippen molar-refractivity contribution >= 4 is 11.8 Å². The second-order valence-electron chi connectivity index (χ2n) is 5.39. The smallest absolute Gasteiger partial charge is 0.0412 e. The molecule has 1 fully saturated rings. The second-order valence-corrected chi connectivity index (χ2v) is 6.46. The molecular formula is C16H25NS. The van der Waals surface area contributed by atoms with E-state index in [1.807, 2.05) is 0 Å². The zero-order valence-electron chi connectivity index (χ0n) is 11.6. The Morgan fingerprint density at radius 1 is 1.28 bits per heavy atom. The van der Waals surface area contributed by atoms with E-state index in [-0.39, 0.29) is 0 Å². The highest BCUT2D eigenvalue weighted by molar-refractivity contribution is 7.99. The van der Waals surface area contributed by atoms with E-state index in [2.05, 4.69) is 55.3 Å². The molecule has 0 heterocycles. The van der Waals surface area contributed by atoms with E-state index in [1.54, 1.807) is 0 Å². The maximum atomic E-state index is 3.46. The number of thioether (sulfide) groups is 1. The van der Waals surface area contributed by atoms with Gasteiger partial charge in [0.2, 0.25) is 0 Å². The van der Waals surface area contributed by atoms with Crippen molar-refractivity contribution in [1.29, 1.82) is 0 Å². The minimum atomic E-state index is 0.498. The van der Waals surface area contributed by atoms with Crippen LogP contribution in [0, 0.1) is 12.8 Å². The Balaban J connectivity index is 1.83. The topological polar surface area (TPSA) is 12.0 Å². The van der Waals surface area contributed by atoms with Crippen molar-refractivity contribution < 1.29 is 0 Å². The molecule has 1 aliphatic carbocycles. The van der Waals surface area contributed by atoms with Crippen LogP contribution in [0.15, 0.2) is 24.3 Å². The molecule has 1 nitrogen and oxygen atoms in total. The molecule has 1 aromatic rings. The SMILES string of the molecule is CNC(CSCC1CCCC1)c1ccccc1C. The van der Waals surface area contributed by atoms with Gasteiger partial charge in [-0.25, -0.2) is 0 Å². The van der Waals surface area contributed by atoms with E-state index in [4.69, 9.17) is 0 Å². The first kappa shape index (κ1) is 14.0. The molecule has 1 aromatic carbocycles. The minimum absolute atomic E-state index is 0.498. The van der Waals surface area contributed by atoms with Gasteiger partial charge in [0.15, 0.2) is 0 Å². The van der Waals surface area contributed by atoms with Crippen LogP contribution >= 0.6 is 11.8 Å². The number of hydrogen-bond acceptors (Lipinski definition) is 2. The third-order valence-electron chi connectivity index (χ3n) is 4.03. The van der Waals surface area contributed by atoms with Crippen molar-refractivity contribution in [2.24, 2.45) is 5.92 Å². The molecule has 0 bridgehead atoms. The third kappa shape index (κ3) is 3.76. The van der Waals surface area contributed by atoms with Crippen LogP contribution in [0.2, 0.25) is 0 Å². The lowest BCUT2D eigenvalue weighted by Gasteiger charge is -2.19. The van der Waals surface area contributed by atoms with Crippen molar-refractivity contribution in [2.45, 2.75) is 38.6 Å². The van der Waals surface area contributed by atoms with E-state index in [0.29, 0.717) is 6.04 Å². The van der Waals surface area contributed by atoms with Crippen LogP contribution in [0.5, 0.6) is 0 Å². The van der Waals surface area contributed by atoms with Gasteiger partial charge < -0.3 is 5.32 Å². The van der Waals surface area contributed by atoms with Gasteiger partial charge in [-0.05, 0) is 49.6 Å². The maximum Gasteiger partial charge on any atom is 0.0412 e. The summed E-state index contributed by atoms with van der Waals surface area (Å²) in [6.07, 6.45) is 5.83. The first-order valence-corrected chi connectivity index (χ1v) is 8.27. The van der Waals surface area contributed by atoms with Crippen LogP contribution in [0.4, 0.5) is 0 Å². The molecule has 1 N–H and O–H groups in total. The maximum absolute atomic E-state index is 3.46. The lowest BCUT2D eigenvalue weighted by Crippen LogP contribution is -2.20. The fourth-order valence-electron chi connectivity index (χ4n) is 2.84. The Labute approximate surface area is 116 Å². The first-order valence-electron chi connectivity index (χ1n) is 7.12. The quantitative estimate of drug-likeness (QED) is 0.826. The minimum Gasteiger partial charge on any atom is -0.312 e. The molecular weight excluding hydrogens is 238 g/mol. The van der Waals surface area contributed by atoms with Crippen molar-refractivity contribution in [3.8, 4) is 0 Å². The van der Waals surface area contributed by atoms with E-state index in [0.717, 1.165) is 5.92 Å². The molecule has 2 rings (SSSR count). The summed E-state index contributed by atoms with van der Waals surface area (Å²) in [6.45, 7) is 2.21. The fourth-order valence-corrected chi connectivity index (χ4v) is 4.22. The molecule has 0 radical (unpaired) electrons. The van der Waals surface area contributed by atoms with Gasteiger partial charge in [0.1, 0.15) is 0 Å².